The smallest absolute Gasteiger partial charge is 0.311 e. The molecule has 0 radical (unpaired) electrons. The molecular weight excluding hydrogens is 265 g/mol. The molecule has 118 valence electrons. The SMILES string of the molecule is FC(F)(F)CN1CCC(NC2CCCCCCC2)CC1. The third kappa shape index (κ3) is 6.00. The Morgan fingerprint density at radius 3 is 1.85 bits per heavy atom. The first-order chi connectivity index (χ1) is 9.53. The summed E-state index contributed by atoms with van der Waals surface area (Å²) >= 11 is 0. The molecule has 1 heterocycles. The standard InChI is InChI=1S/C15H27F3N2/c16-15(17,18)12-20-10-8-14(9-11-20)19-13-6-4-2-1-3-5-7-13/h13-14,19H,1-12H2. The maximum atomic E-state index is 12.3. The molecule has 0 aromatic rings. The molecule has 0 atom stereocenters. The highest BCUT2D eigenvalue weighted by molar-refractivity contribution is 4.82. The average Bonchev–Trinajstić information content (AvgIpc) is 2.33. The molecular formula is C15H27F3N2. The molecule has 0 unspecified atom stereocenters. The normalized spacial score (nSPS) is 25.4. The highest BCUT2D eigenvalue weighted by Crippen LogP contribution is 2.22. The van der Waals surface area contributed by atoms with Gasteiger partial charge >= 0.3 is 6.18 Å². The van der Waals surface area contributed by atoms with Crippen LogP contribution in [0.4, 0.5) is 13.2 Å². The number of rotatable bonds is 3. The molecule has 0 aromatic carbocycles. The minimum Gasteiger partial charge on any atom is -0.311 e. The lowest BCUT2D eigenvalue weighted by atomic mass is 9.95. The van der Waals surface area contributed by atoms with Gasteiger partial charge in [0.15, 0.2) is 0 Å². The van der Waals surface area contributed by atoms with E-state index in [1.54, 1.807) is 0 Å². The van der Waals surface area contributed by atoms with E-state index in [2.05, 4.69) is 5.32 Å². The van der Waals surface area contributed by atoms with Crippen molar-refractivity contribution < 1.29 is 13.2 Å². The lowest BCUT2D eigenvalue weighted by Gasteiger charge is -2.35. The largest absolute Gasteiger partial charge is 0.401 e. The minimum absolute atomic E-state index is 0.420. The van der Waals surface area contributed by atoms with Crippen LogP contribution in [0.2, 0.25) is 0 Å². The Bertz CT molecular complexity index is 265. The van der Waals surface area contributed by atoms with Gasteiger partial charge in [-0.25, -0.2) is 0 Å². The molecule has 1 aliphatic heterocycles. The highest BCUT2D eigenvalue weighted by Gasteiger charge is 2.32. The summed E-state index contributed by atoms with van der Waals surface area (Å²) in [6.45, 7) is 0.400. The number of hydrogen-bond acceptors (Lipinski definition) is 2. The fraction of sp³-hybridized carbons (Fsp3) is 1.00. The van der Waals surface area contributed by atoms with Crippen molar-refractivity contribution in [3.63, 3.8) is 0 Å². The molecule has 1 saturated heterocycles. The first kappa shape index (κ1) is 16.1. The maximum absolute atomic E-state index is 12.3. The highest BCUT2D eigenvalue weighted by atomic mass is 19.4. The number of halogens is 3. The number of piperidine rings is 1. The second kappa shape index (κ2) is 7.64. The van der Waals surface area contributed by atoms with Crippen LogP contribution in [0.1, 0.15) is 57.8 Å². The van der Waals surface area contributed by atoms with Gasteiger partial charge in [-0.15, -0.1) is 0 Å². The second-order valence-corrected chi connectivity index (χ2v) is 6.37. The van der Waals surface area contributed by atoms with Gasteiger partial charge in [-0.1, -0.05) is 32.1 Å². The minimum atomic E-state index is -4.06. The van der Waals surface area contributed by atoms with Gasteiger partial charge in [0.1, 0.15) is 0 Å². The van der Waals surface area contributed by atoms with Gasteiger partial charge in [-0.3, -0.25) is 4.90 Å². The van der Waals surface area contributed by atoms with E-state index in [1.165, 1.54) is 49.8 Å². The lowest BCUT2D eigenvalue weighted by molar-refractivity contribution is -0.148. The van der Waals surface area contributed by atoms with Gasteiger partial charge in [-0.2, -0.15) is 13.2 Å². The van der Waals surface area contributed by atoms with E-state index < -0.39 is 12.7 Å². The summed E-state index contributed by atoms with van der Waals surface area (Å²) in [5.41, 5.74) is 0. The fourth-order valence-corrected chi connectivity index (χ4v) is 3.47. The first-order valence-corrected chi connectivity index (χ1v) is 8.08. The van der Waals surface area contributed by atoms with Crippen LogP contribution in [-0.2, 0) is 0 Å². The molecule has 5 heteroatoms. The molecule has 1 N–H and O–H groups in total. The zero-order chi connectivity index (χ0) is 14.4. The van der Waals surface area contributed by atoms with Crippen LogP contribution in [0.25, 0.3) is 0 Å². The van der Waals surface area contributed by atoms with E-state index in [9.17, 15) is 13.2 Å². The fourth-order valence-electron chi connectivity index (χ4n) is 3.47. The summed E-state index contributed by atoms with van der Waals surface area (Å²) in [6, 6.07) is 1.01. The van der Waals surface area contributed by atoms with Crippen molar-refractivity contribution in [3.8, 4) is 0 Å². The lowest BCUT2D eigenvalue weighted by Crippen LogP contribution is -2.48. The molecule has 20 heavy (non-hydrogen) atoms. The van der Waals surface area contributed by atoms with Crippen LogP contribution >= 0.6 is 0 Å². The summed E-state index contributed by atoms with van der Waals surface area (Å²) in [4.78, 5) is 1.54. The summed E-state index contributed by atoms with van der Waals surface area (Å²) in [6.07, 6.45) is 6.76. The summed E-state index contributed by atoms with van der Waals surface area (Å²) < 4.78 is 37.0. The molecule has 2 rings (SSSR count). The number of nitrogens with one attached hydrogen (secondary N) is 1. The van der Waals surface area contributed by atoms with Crippen LogP contribution in [0.5, 0.6) is 0 Å². The first-order valence-electron chi connectivity index (χ1n) is 8.08. The van der Waals surface area contributed by atoms with Gasteiger partial charge in [-0.05, 0) is 38.8 Å². The Balaban J connectivity index is 1.68. The van der Waals surface area contributed by atoms with Crippen molar-refractivity contribution in [1.29, 1.82) is 0 Å². The summed E-state index contributed by atoms with van der Waals surface area (Å²) in [7, 11) is 0. The molecule has 2 aliphatic rings. The van der Waals surface area contributed by atoms with E-state index in [1.807, 2.05) is 0 Å². The van der Waals surface area contributed by atoms with E-state index in [0.717, 1.165) is 12.8 Å². The third-order valence-corrected chi connectivity index (χ3v) is 4.57. The molecule has 2 nitrogen and oxygen atoms in total. The average molecular weight is 292 g/mol. The summed E-state index contributed by atoms with van der Waals surface area (Å²) in [5.74, 6) is 0. The van der Waals surface area contributed by atoms with Crippen molar-refractivity contribution in [2.75, 3.05) is 19.6 Å². The monoisotopic (exact) mass is 292 g/mol. The van der Waals surface area contributed by atoms with Crippen molar-refractivity contribution in [2.24, 2.45) is 0 Å². The van der Waals surface area contributed by atoms with Crippen molar-refractivity contribution >= 4 is 0 Å². The third-order valence-electron chi connectivity index (χ3n) is 4.57. The topological polar surface area (TPSA) is 15.3 Å². The Kier molecular flexibility index (Phi) is 6.15. The predicted octanol–water partition coefficient (Wildman–Crippen LogP) is 3.72. The van der Waals surface area contributed by atoms with E-state index in [0.29, 0.717) is 25.2 Å². The van der Waals surface area contributed by atoms with Gasteiger partial charge in [0.05, 0.1) is 6.54 Å². The van der Waals surface area contributed by atoms with E-state index in [-0.39, 0.29) is 0 Å². The van der Waals surface area contributed by atoms with E-state index >= 15 is 0 Å². The zero-order valence-corrected chi connectivity index (χ0v) is 12.2. The Labute approximate surface area is 120 Å². The summed E-state index contributed by atoms with van der Waals surface area (Å²) in [5, 5.41) is 3.70. The molecule has 1 aliphatic carbocycles. The quantitative estimate of drug-likeness (QED) is 0.853. The van der Waals surface area contributed by atoms with Crippen molar-refractivity contribution in [3.05, 3.63) is 0 Å². The predicted molar refractivity (Wildman–Crippen MR) is 74.8 cm³/mol. The van der Waals surface area contributed by atoms with Crippen LogP contribution in [-0.4, -0.2) is 42.8 Å². The molecule has 0 amide bonds. The van der Waals surface area contributed by atoms with Crippen LogP contribution in [0.3, 0.4) is 0 Å². The maximum Gasteiger partial charge on any atom is 0.401 e. The Hall–Kier alpha value is -0.290. The van der Waals surface area contributed by atoms with Crippen LogP contribution in [0, 0.1) is 0 Å². The molecule has 0 spiro atoms. The van der Waals surface area contributed by atoms with Gasteiger partial charge < -0.3 is 5.32 Å². The van der Waals surface area contributed by atoms with Gasteiger partial charge in [0.2, 0.25) is 0 Å². The van der Waals surface area contributed by atoms with Crippen molar-refractivity contribution in [2.45, 2.75) is 76.0 Å². The molecule has 0 bridgehead atoms. The second-order valence-electron chi connectivity index (χ2n) is 6.37. The number of alkyl halides is 3. The Morgan fingerprint density at radius 2 is 1.30 bits per heavy atom. The van der Waals surface area contributed by atoms with Crippen molar-refractivity contribution in [1.82, 2.24) is 10.2 Å². The zero-order valence-electron chi connectivity index (χ0n) is 12.2. The number of nitrogens with zero attached hydrogens (tertiary/aromatic N) is 1. The van der Waals surface area contributed by atoms with Gasteiger partial charge in [0.25, 0.3) is 0 Å². The van der Waals surface area contributed by atoms with E-state index in [4.69, 9.17) is 0 Å². The van der Waals surface area contributed by atoms with Crippen LogP contribution in [0.15, 0.2) is 0 Å². The molecule has 0 aromatic heterocycles. The molecule has 1 saturated carbocycles. The van der Waals surface area contributed by atoms with Crippen LogP contribution < -0.4 is 5.32 Å². The number of likely N-dealkylation sites (tertiary alicyclic amines) is 1. The Morgan fingerprint density at radius 1 is 0.800 bits per heavy atom. The molecule has 2 fully saturated rings. The number of hydrogen-bond donors (Lipinski definition) is 1. The van der Waals surface area contributed by atoms with Gasteiger partial charge in [0, 0.05) is 12.1 Å².